The number of nitrogens with one attached hydrogen (secondary N) is 2. The van der Waals surface area contributed by atoms with Gasteiger partial charge in [0.1, 0.15) is 5.82 Å². The number of carbonyl (C=O) groups is 1. The fourth-order valence-corrected chi connectivity index (χ4v) is 5.03. The lowest BCUT2D eigenvalue weighted by Gasteiger charge is -2.31. The van der Waals surface area contributed by atoms with Crippen molar-refractivity contribution in [2.24, 2.45) is 5.92 Å². The molecule has 1 atom stereocenters. The fraction of sp³-hybridized carbons (Fsp3) is 0.250. The second-order valence-corrected chi connectivity index (χ2v) is 8.86. The Labute approximate surface area is 162 Å². The van der Waals surface area contributed by atoms with E-state index in [4.69, 9.17) is 0 Å². The number of H-pyrrole nitrogens is 1. The first-order valence-electron chi connectivity index (χ1n) is 9.07. The molecule has 3 aromatic rings. The summed E-state index contributed by atoms with van der Waals surface area (Å²) in [7, 11) is -3.76. The Balaban J connectivity index is 1.48. The van der Waals surface area contributed by atoms with Crippen molar-refractivity contribution < 1.29 is 17.6 Å². The summed E-state index contributed by atoms with van der Waals surface area (Å²) in [5, 5.41) is 3.88. The third kappa shape index (κ3) is 3.65. The van der Waals surface area contributed by atoms with Crippen molar-refractivity contribution >= 4 is 32.5 Å². The molecule has 2 N–H and O–H groups in total. The number of aromatic nitrogens is 1. The summed E-state index contributed by atoms with van der Waals surface area (Å²) < 4.78 is 40.0. The lowest BCUT2D eigenvalue weighted by atomic mass is 9.98. The number of halogens is 1. The van der Waals surface area contributed by atoms with E-state index in [1.807, 2.05) is 30.5 Å². The van der Waals surface area contributed by atoms with E-state index in [-0.39, 0.29) is 17.3 Å². The Kier molecular flexibility index (Phi) is 4.91. The molecule has 1 amide bonds. The normalized spacial score (nSPS) is 18.2. The highest BCUT2D eigenvalue weighted by molar-refractivity contribution is 7.89. The quantitative estimate of drug-likeness (QED) is 0.703. The summed E-state index contributed by atoms with van der Waals surface area (Å²) in [6.07, 6.45) is 3.04. The van der Waals surface area contributed by atoms with Crippen LogP contribution in [-0.4, -0.2) is 36.7 Å². The van der Waals surface area contributed by atoms with E-state index < -0.39 is 21.8 Å². The van der Waals surface area contributed by atoms with E-state index in [1.165, 1.54) is 16.4 Å². The lowest BCUT2D eigenvalue weighted by Crippen LogP contribution is -2.43. The first-order valence-corrected chi connectivity index (χ1v) is 10.5. The lowest BCUT2D eigenvalue weighted by molar-refractivity contribution is -0.120. The van der Waals surface area contributed by atoms with E-state index in [2.05, 4.69) is 10.3 Å². The molecule has 0 aliphatic carbocycles. The van der Waals surface area contributed by atoms with Crippen molar-refractivity contribution in [3.05, 3.63) is 60.5 Å². The summed E-state index contributed by atoms with van der Waals surface area (Å²) in [6, 6.07) is 12.2. The van der Waals surface area contributed by atoms with Crippen molar-refractivity contribution in [1.82, 2.24) is 9.29 Å². The number of hydrogen-bond donors (Lipinski definition) is 2. The van der Waals surface area contributed by atoms with Gasteiger partial charge in [-0.15, -0.1) is 0 Å². The minimum Gasteiger partial charge on any atom is -0.361 e. The van der Waals surface area contributed by atoms with Gasteiger partial charge in [-0.2, -0.15) is 4.31 Å². The summed E-state index contributed by atoms with van der Waals surface area (Å²) in [4.78, 5) is 15.8. The zero-order valence-electron chi connectivity index (χ0n) is 15.1. The van der Waals surface area contributed by atoms with Gasteiger partial charge in [-0.05, 0) is 61.4 Å². The first-order chi connectivity index (χ1) is 13.4. The minimum atomic E-state index is -3.76. The molecule has 146 valence electrons. The number of fused-ring (bicyclic) bond motifs is 1. The van der Waals surface area contributed by atoms with Gasteiger partial charge in [-0.25, -0.2) is 12.8 Å². The van der Waals surface area contributed by atoms with Crippen LogP contribution in [0.25, 0.3) is 10.9 Å². The van der Waals surface area contributed by atoms with Crippen LogP contribution in [0.5, 0.6) is 0 Å². The zero-order chi connectivity index (χ0) is 19.7. The Morgan fingerprint density at radius 1 is 1.14 bits per heavy atom. The minimum absolute atomic E-state index is 0.0351. The molecule has 1 aliphatic heterocycles. The van der Waals surface area contributed by atoms with Crippen LogP contribution >= 0.6 is 0 Å². The van der Waals surface area contributed by atoms with E-state index in [1.54, 1.807) is 0 Å². The standard InChI is InChI=1S/C20H20FN3O3S/c21-16-3-6-18(7-4-16)28(26,27)24-11-1-2-15(13-24)20(25)23-17-5-8-19-14(12-17)9-10-22-19/h3-10,12,15,22H,1-2,11,13H2,(H,23,25). The first kappa shape index (κ1) is 18.6. The van der Waals surface area contributed by atoms with Crippen LogP contribution in [0.2, 0.25) is 0 Å². The second-order valence-electron chi connectivity index (χ2n) is 6.93. The van der Waals surface area contributed by atoms with E-state index in [0.717, 1.165) is 23.0 Å². The number of benzene rings is 2. The van der Waals surface area contributed by atoms with Crippen molar-refractivity contribution in [3.8, 4) is 0 Å². The summed E-state index contributed by atoms with van der Waals surface area (Å²) >= 11 is 0. The molecular weight excluding hydrogens is 381 g/mol. The van der Waals surface area contributed by atoms with E-state index in [0.29, 0.717) is 25.1 Å². The van der Waals surface area contributed by atoms with Crippen LogP contribution in [0.3, 0.4) is 0 Å². The third-order valence-electron chi connectivity index (χ3n) is 5.03. The van der Waals surface area contributed by atoms with Crippen LogP contribution in [-0.2, 0) is 14.8 Å². The van der Waals surface area contributed by atoms with Gasteiger partial charge < -0.3 is 10.3 Å². The number of carbonyl (C=O) groups excluding carboxylic acids is 1. The van der Waals surface area contributed by atoms with Gasteiger partial charge >= 0.3 is 0 Å². The molecule has 2 aromatic carbocycles. The second kappa shape index (κ2) is 7.37. The summed E-state index contributed by atoms with van der Waals surface area (Å²) in [5.41, 5.74) is 1.66. The highest BCUT2D eigenvalue weighted by atomic mass is 32.2. The molecule has 28 heavy (non-hydrogen) atoms. The molecule has 0 radical (unpaired) electrons. The maximum atomic E-state index is 13.1. The average Bonchev–Trinajstić information content (AvgIpc) is 3.16. The van der Waals surface area contributed by atoms with Gasteiger partial charge in [0.05, 0.1) is 10.8 Å². The number of nitrogens with zero attached hydrogens (tertiary/aromatic N) is 1. The van der Waals surface area contributed by atoms with Gasteiger partial charge in [0, 0.05) is 35.9 Å². The number of sulfonamides is 1. The number of aromatic amines is 1. The molecule has 1 saturated heterocycles. The van der Waals surface area contributed by atoms with Crippen LogP contribution < -0.4 is 5.32 Å². The fourth-order valence-electron chi connectivity index (χ4n) is 3.51. The predicted molar refractivity (Wildman–Crippen MR) is 105 cm³/mol. The van der Waals surface area contributed by atoms with Crippen molar-refractivity contribution in [2.75, 3.05) is 18.4 Å². The van der Waals surface area contributed by atoms with Gasteiger partial charge in [-0.1, -0.05) is 0 Å². The largest absolute Gasteiger partial charge is 0.361 e. The summed E-state index contributed by atoms with van der Waals surface area (Å²) in [5.74, 6) is -1.13. The topological polar surface area (TPSA) is 82.3 Å². The van der Waals surface area contributed by atoms with Gasteiger partial charge in [0.25, 0.3) is 0 Å². The molecule has 1 unspecified atom stereocenters. The molecular formula is C20H20FN3O3S. The van der Waals surface area contributed by atoms with Gasteiger partial charge in [0.15, 0.2) is 0 Å². The van der Waals surface area contributed by atoms with E-state index >= 15 is 0 Å². The number of rotatable bonds is 4. The molecule has 0 spiro atoms. The van der Waals surface area contributed by atoms with Crippen LogP contribution in [0.15, 0.2) is 59.6 Å². The smallest absolute Gasteiger partial charge is 0.243 e. The Morgan fingerprint density at radius 3 is 2.71 bits per heavy atom. The molecule has 0 saturated carbocycles. The van der Waals surface area contributed by atoms with Crippen LogP contribution in [0.4, 0.5) is 10.1 Å². The third-order valence-corrected chi connectivity index (χ3v) is 6.91. The summed E-state index contributed by atoms with van der Waals surface area (Å²) in [6.45, 7) is 0.455. The predicted octanol–water partition coefficient (Wildman–Crippen LogP) is 3.35. The SMILES string of the molecule is O=C(Nc1ccc2[nH]ccc2c1)C1CCCN(S(=O)(=O)c2ccc(F)cc2)C1. The van der Waals surface area contributed by atoms with Gasteiger partial charge in [-0.3, -0.25) is 4.79 Å². The monoisotopic (exact) mass is 401 g/mol. The maximum Gasteiger partial charge on any atom is 0.243 e. The molecule has 4 rings (SSSR count). The number of amides is 1. The number of hydrogen-bond acceptors (Lipinski definition) is 3. The molecule has 6 nitrogen and oxygen atoms in total. The maximum absolute atomic E-state index is 13.1. The van der Waals surface area contributed by atoms with Crippen molar-refractivity contribution in [3.63, 3.8) is 0 Å². The van der Waals surface area contributed by atoms with Crippen molar-refractivity contribution in [2.45, 2.75) is 17.7 Å². The van der Waals surface area contributed by atoms with Crippen LogP contribution in [0, 0.1) is 11.7 Å². The average molecular weight is 401 g/mol. The Morgan fingerprint density at radius 2 is 1.93 bits per heavy atom. The highest BCUT2D eigenvalue weighted by Crippen LogP contribution is 2.25. The molecule has 8 heteroatoms. The van der Waals surface area contributed by atoms with E-state index in [9.17, 15) is 17.6 Å². The highest BCUT2D eigenvalue weighted by Gasteiger charge is 2.33. The Bertz CT molecular complexity index is 1110. The zero-order valence-corrected chi connectivity index (χ0v) is 15.9. The van der Waals surface area contributed by atoms with Gasteiger partial charge in [0.2, 0.25) is 15.9 Å². The molecule has 1 aliphatic rings. The molecule has 2 heterocycles. The van der Waals surface area contributed by atoms with Crippen molar-refractivity contribution in [1.29, 1.82) is 0 Å². The Hall–Kier alpha value is -2.71. The van der Waals surface area contributed by atoms with Crippen LogP contribution in [0.1, 0.15) is 12.8 Å². The number of piperidine rings is 1. The molecule has 1 fully saturated rings. The molecule has 0 bridgehead atoms. The molecule has 1 aromatic heterocycles. The number of anilines is 1.